The van der Waals surface area contributed by atoms with Crippen molar-refractivity contribution in [2.45, 2.75) is 36.2 Å². The summed E-state index contributed by atoms with van der Waals surface area (Å²) >= 11 is 9.33. The number of hydrogen-bond acceptors (Lipinski definition) is 6. The summed E-state index contributed by atoms with van der Waals surface area (Å²) < 4.78 is 2.25. The van der Waals surface area contributed by atoms with Crippen molar-refractivity contribution in [2.24, 2.45) is 0 Å². The number of thiophene rings is 1. The van der Waals surface area contributed by atoms with Crippen LogP contribution in [0.4, 0.5) is 0 Å². The zero-order chi connectivity index (χ0) is 19.1. The van der Waals surface area contributed by atoms with Crippen LogP contribution in [0.3, 0.4) is 0 Å². The van der Waals surface area contributed by atoms with Gasteiger partial charge in [-0.3, -0.25) is 4.79 Å². The number of halogens is 1. The third kappa shape index (κ3) is 3.59. The fraction of sp³-hybridized carbons (Fsp3) is 0.263. The Bertz CT molecular complexity index is 1200. The Morgan fingerprint density at radius 1 is 1.29 bits per heavy atom. The lowest BCUT2D eigenvalue weighted by atomic mass is 10.2. The van der Waals surface area contributed by atoms with E-state index in [0.717, 1.165) is 30.2 Å². The molecule has 1 aliphatic rings. The van der Waals surface area contributed by atoms with E-state index in [0.29, 0.717) is 33.5 Å². The van der Waals surface area contributed by atoms with Crippen molar-refractivity contribution in [3.05, 3.63) is 67.6 Å². The molecule has 0 bridgehead atoms. The summed E-state index contributed by atoms with van der Waals surface area (Å²) in [6, 6.07) is 9.77. The van der Waals surface area contributed by atoms with Crippen molar-refractivity contribution in [3.63, 3.8) is 0 Å². The molecule has 1 N–H and O–H groups in total. The Morgan fingerprint density at radius 2 is 2.18 bits per heavy atom. The van der Waals surface area contributed by atoms with Gasteiger partial charge in [-0.25, -0.2) is 4.98 Å². The second-order valence-corrected chi connectivity index (χ2v) is 9.13. The van der Waals surface area contributed by atoms with Crippen LogP contribution in [0, 0.1) is 0 Å². The number of H-pyrrole nitrogens is 1. The van der Waals surface area contributed by atoms with Crippen molar-refractivity contribution in [3.8, 4) is 0 Å². The number of benzene rings is 1. The number of rotatable bonds is 6. The fourth-order valence-corrected chi connectivity index (χ4v) is 4.92. The minimum absolute atomic E-state index is 0.153. The van der Waals surface area contributed by atoms with Gasteiger partial charge in [-0.05, 0) is 42.5 Å². The number of nitrogens with zero attached hydrogens (tertiary/aromatic N) is 4. The van der Waals surface area contributed by atoms with Gasteiger partial charge in [0, 0.05) is 22.4 Å². The zero-order valence-corrected chi connectivity index (χ0v) is 17.2. The summed E-state index contributed by atoms with van der Waals surface area (Å²) in [7, 11) is 0. The summed E-state index contributed by atoms with van der Waals surface area (Å²) in [4.78, 5) is 21.0. The molecule has 0 amide bonds. The first-order valence-electron chi connectivity index (χ1n) is 8.95. The van der Waals surface area contributed by atoms with Gasteiger partial charge in [-0.1, -0.05) is 29.4 Å². The standard InChI is InChI=1S/C19H16ClN5OS2/c20-11-3-6-14-15(8-11)21-16(22-18(14)26)10-28-19-24-23-17(25(19)12-4-5-12)9-13-2-1-7-27-13/h1-3,6-8,12H,4-5,9-10H2,(H,21,22,26). The molecule has 1 fully saturated rings. The number of nitrogens with one attached hydrogen (secondary N) is 1. The molecule has 1 aromatic carbocycles. The maximum atomic E-state index is 12.3. The van der Waals surface area contributed by atoms with E-state index in [2.05, 4.69) is 42.2 Å². The Hall–Kier alpha value is -2.16. The third-order valence-electron chi connectivity index (χ3n) is 4.62. The molecule has 142 valence electrons. The molecule has 6 nitrogen and oxygen atoms in total. The highest BCUT2D eigenvalue weighted by atomic mass is 35.5. The van der Waals surface area contributed by atoms with Crippen LogP contribution in [0.25, 0.3) is 10.9 Å². The van der Waals surface area contributed by atoms with Crippen LogP contribution in [-0.2, 0) is 12.2 Å². The van der Waals surface area contributed by atoms with Crippen LogP contribution in [-0.4, -0.2) is 24.7 Å². The Labute approximate surface area is 174 Å². The highest BCUT2D eigenvalue weighted by Crippen LogP contribution is 2.39. The quantitative estimate of drug-likeness (QED) is 0.458. The first kappa shape index (κ1) is 17.9. The van der Waals surface area contributed by atoms with Gasteiger partial charge in [0.2, 0.25) is 0 Å². The van der Waals surface area contributed by atoms with E-state index in [9.17, 15) is 4.79 Å². The van der Waals surface area contributed by atoms with Gasteiger partial charge in [0.15, 0.2) is 5.16 Å². The molecule has 1 saturated carbocycles. The van der Waals surface area contributed by atoms with E-state index in [-0.39, 0.29) is 5.56 Å². The van der Waals surface area contributed by atoms with E-state index in [4.69, 9.17) is 11.6 Å². The molecule has 0 aliphatic heterocycles. The second-order valence-electron chi connectivity index (χ2n) is 6.72. The molecule has 4 aromatic rings. The van der Waals surface area contributed by atoms with E-state index in [1.165, 1.54) is 4.88 Å². The number of thioether (sulfide) groups is 1. The molecule has 1 aliphatic carbocycles. The lowest BCUT2D eigenvalue weighted by Crippen LogP contribution is -2.11. The van der Waals surface area contributed by atoms with E-state index in [1.807, 2.05) is 0 Å². The highest BCUT2D eigenvalue weighted by molar-refractivity contribution is 7.98. The monoisotopic (exact) mass is 429 g/mol. The molecule has 5 rings (SSSR count). The Morgan fingerprint density at radius 3 is 2.96 bits per heavy atom. The lowest BCUT2D eigenvalue weighted by molar-refractivity contribution is 0.635. The maximum Gasteiger partial charge on any atom is 0.258 e. The van der Waals surface area contributed by atoms with Crippen molar-refractivity contribution >= 4 is 45.6 Å². The molecule has 0 unspecified atom stereocenters. The lowest BCUT2D eigenvalue weighted by Gasteiger charge is -2.08. The first-order valence-corrected chi connectivity index (χ1v) is 11.2. The van der Waals surface area contributed by atoms with Crippen LogP contribution in [0.15, 0.2) is 45.7 Å². The largest absolute Gasteiger partial charge is 0.309 e. The van der Waals surface area contributed by atoms with Gasteiger partial charge in [0.25, 0.3) is 5.56 Å². The van der Waals surface area contributed by atoms with Crippen molar-refractivity contribution in [1.82, 2.24) is 24.7 Å². The molecule has 3 aromatic heterocycles. The molecular weight excluding hydrogens is 414 g/mol. The Balaban J connectivity index is 1.40. The molecule has 0 atom stereocenters. The molecule has 28 heavy (non-hydrogen) atoms. The number of fused-ring (bicyclic) bond motifs is 1. The topological polar surface area (TPSA) is 76.5 Å². The molecule has 0 radical (unpaired) electrons. The van der Waals surface area contributed by atoms with E-state index < -0.39 is 0 Å². The van der Waals surface area contributed by atoms with Crippen molar-refractivity contribution in [1.29, 1.82) is 0 Å². The van der Waals surface area contributed by atoms with E-state index in [1.54, 1.807) is 41.3 Å². The number of hydrogen-bond donors (Lipinski definition) is 1. The summed E-state index contributed by atoms with van der Waals surface area (Å²) in [5.41, 5.74) is 0.452. The average Bonchev–Trinajstić information content (AvgIpc) is 3.22. The van der Waals surface area contributed by atoms with E-state index >= 15 is 0 Å². The zero-order valence-electron chi connectivity index (χ0n) is 14.8. The smallest absolute Gasteiger partial charge is 0.258 e. The SMILES string of the molecule is O=c1[nH]c(CSc2nnc(Cc3cccs3)n2C2CC2)nc2cc(Cl)ccc12. The van der Waals surface area contributed by atoms with Crippen LogP contribution in [0.2, 0.25) is 5.02 Å². The molecule has 0 saturated heterocycles. The van der Waals surface area contributed by atoms with Gasteiger partial charge in [-0.15, -0.1) is 21.5 Å². The summed E-state index contributed by atoms with van der Waals surface area (Å²) in [5, 5.41) is 12.9. The number of aromatic amines is 1. The predicted molar refractivity (Wildman–Crippen MR) is 112 cm³/mol. The van der Waals surface area contributed by atoms with Gasteiger partial charge in [-0.2, -0.15) is 0 Å². The van der Waals surface area contributed by atoms with Crippen molar-refractivity contribution in [2.75, 3.05) is 0 Å². The van der Waals surface area contributed by atoms with Crippen LogP contribution in [0.5, 0.6) is 0 Å². The minimum Gasteiger partial charge on any atom is -0.309 e. The number of aromatic nitrogens is 5. The minimum atomic E-state index is -0.153. The van der Waals surface area contributed by atoms with Gasteiger partial charge >= 0.3 is 0 Å². The summed E-state index contributed by atoms with van der Waals surface area (Å²) in [5.74, 6) is 2.12. The van der Waals surface area contributed by atoms with Crippen LogP contribution in [0.1, 0.15) is 35.4 Å². The normalized spacial score (nSPS) is 14.0. The average molecular weight is 430 g/mol. The van der Waals surface area contributed by atoms with Gasteiger partial charge in [0.05, 0.1) is 16.7 Å². The highest BCUT2D eigenvalue weighted by Gasteiger charge is 2.29. The van der Waals surface area contributed by atoms with Gasteiger partial charge in [0.1, 0.15) is 11.6 Å². The fourth-order valence-electron chi connectivity index (χ4n) is 3.16. The summed E-state index contributed by atoms with van der Waals surface area (Å²) in [6.07, 6.45) is 3.12. The predicted octanol–water partition coefficient (Wildman–Crippen LogP) is 4.45. The molecule has 0 spiro atoms. The van der Waals surface area contributed by atoms with Crippen LogP contribution < -0.4 is 5.56 Å². The van der Waals surface area contributed by atoms with Crippen LogP contribution >= 0.6 is 34.7 Å². The van der Waals surface area contributed by atoms with Gasteiger partial charge < -0.3 is 9.55 Å². The second kappa shape index (κ2) is 7.35. The molecule has 9 heteroatoms. The maximum absolute atomic E-state index is 12.3. The molecular formula is C19H16ClN5OS2. The summed E-state index contributed by atoms with van der Waals surface area (Å²) in [6.45, 7) is 0. The molecule has 3 heterocycles. The van der Waals surface area contributed by atoms with Crippen molar-refractivity contribution < 1.29 is 0 Å². The first-order chi connectivity index (χ1) is 13.7. The Kier molecular flexibility index (Phi) is 4.70. The third-order valence-corrected chi connectivity index (χ3v) is 6.68.